The summed E-state index contributed by atoms with van der Waals surface area (Å²) in [6.45, 7) is 2.15. The van der Waals surface area contributed by atoms with Gasteiger partial charge in [-0.2, -0.15) is 0 Å². The van der Waals surface area contributed by atoms with E-state index in [-0.39, 0.29) is 18.2 Å². The fourth-order valence-corrected chi connectivity index (χ4v) is 2.34. The molecule has 0 radical (unpaired) electrons. The first kappa shape index (κ1) is 15.4. The Balaban J connectivity index is 2.79. The summed E-state index contributed by atoms with van der Waals surface area (Å²) in [7, 11) is 0. The van der Waals surface area contributed by atoms with Gasteiger partial charge in [0.1, 0.15) is 0 Å². The normalized spacial score (nSPS) is 10.2. The van der Waals surface area contributed by atoms with Gasteiger partial charge in [0, 0.05) is 21.8 Å². The van der Waals surface area contributed by atoms with Crippen LogP contribution >= 0.6 is 31.9 Å². The van der Waals surface area contributed by atoms with Gasteiger partial charge in [0.05, 0.1) is 13.0 Å². The Morgan fingerprint density at radius 1 is 1.33 bits per heavy atom. The van der Waals surface area contributed by atoms with Crippen molar-refractivity contribution in [2.24, 2.45) is 0 Å². The molecule has 0 spiro atoms. The van der Waals surface area contributed by atoms with E-state index >= 15 is 0 Å². The van der Waals surface area contributed by atoms with E-state index in [1.165, 1.54) is 0 Å². The Morgan fingerprint density at radius 3 is 2.61 bits per heavy atom. The van der Waals surface area contributed by atoms with E-state index in [1.807, 2.05) is 0 Å². The molecule has 0 aliphatic heterocycles. The van der Waals surface area contributed by atoms with Gasteiger partial charge in [0.2, 0.25) is 0 Å². The van der Waals surface area contributed by atoms with Crippen molar-refractivity contribution in [1.82, 2.24) is 0 Å². The van der Waals surface area contributed by atoms with Crippen LogP contribution in [0.5, 0.6) is 0 Å². The lowest BCUT2D eigenvalue weighted by Gasteiger charge is -2.06. The summed E-state index contributed by atoms with van der Waals surface area (Å²) < 4.78 is 5.64. The van der Waals surface area contributed by atoms with Crippen molar-refractivity contribution in [3.8, 4) is 0 Å². The van der Waals surface area contributed by atoms with Crippen LogP contribution in [0, 0.1) is 0 Å². The van der Waals surface area contributed by atoms with Crippen LogP contribution in [0.4, 0.5) is 0 Å². The number of carbonyl (C=O) groups is 2. The van der Waals surface area contributed by atoms with E-state index < -0.39 is 0 Å². The SMILES string of the molecule is CCOC(=O)Cc1ccc(C(=O)CCBr)cc1Br. The minimum absolute atomic E-state index is 0.0789. The molecule has 18 heavy (non-hydrogen) atoms. The number of hydrogen-bond acceptors (Lipinski definition) is 3. The molecule has 0 aromatic heterocycles. The second kappa shape index (κ2) is 7.69. The van der Waals surface area contributed by atoms with Crippen molar-refractivity contribution in [3.05, 3.63) is 33.8 Å². The molecule has 0 N–H and O–H groups in total. The summed E-state index contributed by atoms with van der Waals surface area (Å²) in [4.78, 5) is 23.1. The van der Waals surface area contributed by atoms with Crippen LogP contribution in [-0.2, 0) is 16.0 Å². The highest BCUT2D eigenvalue weighted by Gasteiger charge is 2.11. The predicted molar refractivity (Wildman–Crippen MR) is 77.2 cm³/mol. The third-order valence-corrected chi connectivity index (χ3v) is 3.47. The number of halogens is 2. The number of ketones is 1. The molecule has 98 valence electrons. The van der Waals surface area contributed by atoms with Crippen molar-refractivity contribution in [3.63, 3.8) is 0 Å². The summed E-state index contributed by atoms with van der Waals surface area (Å²) in [5.74, 6) is -0.187. The van der Waals surface area contributed by atoms with Crippen LogP contribution in [0.2, 0.25) is 0 Å². The number of ether oxygens (including phenoxy) is 1. The predicted octanol–water partition coefficient (Wildman–Crippen LogP) is 3.52. The topological polar surface area (TPSA) is 43.4 Å². The van der Waals surface area contributed by atoms with Crippen LogP contribution in [-0.4, -0.2) is 23.7 Å². The van der Waals surface area contributed by atoms with Gasteiger partial charge >= 0.3 is 5.97 Å². The fraction of sp³-hybridized carbons (Fsp3) is 0.385. The summed E-state index contributed by atoms with van der Waals surface area (Å²) in [6, 6.07) is 5.27. The Kier molecular flexibility index (Phi) is 6.57. The maximum absolute atomic E-state index is 11.7. The molecular formula is C13H14Br2O3. The average Bonchev–Trinajstić information content (AvgIpc) is 2.32. The van der Waals surface area contributed by atoms with Crippen molar-refractivity contribution in [1.29, 1.82) is 0 Å². The molecule has 1 rings (SSSR count). The molecule has 0 aliphatic rings. The average molecular weight is 378 g/mol. The molecule has 0 aliphatic carbocycles. The zero-order valence-electron chi connectivity index (χ0n) is 10.0. The monoisotopic (exact) mass is 376 g/mol. The zero-order valence-corrected chi connectivity index (χ0v) is 13.2. The quantitative estimate of drug-likeness (QED) is 0.432. The smallest absolute Gasteiger partial charge is 0.310 e. The van der Waals surface area contributed by atoms with E-state index in [2.05, 4.69) is 31.9 Å². The first-order valence-electron chi connectivity index (χ1n) is 5.61. The van der Waals surface area contributed by atoms with Gasteiger partial charge in [-0.05, 0) is 18.6 Å². The lowest BCUT2D eigenvalue weighted by Crippen LogP contribution is -2.08. The largest absolute Gasteiger partial charge is 0.466 e. The molecule has 0 heterocycles. The fourth-order valence-electron chi connectivity index (χ4n) is 1.46. The first-order chi connectivity index (χ1) is 8.58. The number of rotatable bonds is 6. The van der Waals surface area contributed by atoms with Gasteiger partial charge in [-0.15, -0.1) is 0 Å². The molecule has 1 aromatic rings. The minimum Gasteiger partial charge on any atom is -0.466 e. The molecule has 0 bridgehead atoms. The second-order valence-corrected chi connectivity index (χ2v) is 5.30. The molecule has 0 atom stereocenters. The highest BCUT2D eigenvalue weighted by atomic mass is 79.9. The van der Waals surface area contributed by atoms with Gasteiger partial charge in [0.25, 0.3) is 0 Å². The number of hydrogen-bond donors (Lipinski definition) is 0. The molecule has 0 saturated heterocycles. The van der Waals surface area contributed by atoms with Crippen LogP contribution in [0.15, 0.2) is 22.7 Å². The van der Waals surface area contributed by atoms with Crippen molar-refractivity contribution in [2.45, 2.75) is 19.8 Å². The molecule has 1 aromatic carbocycles. The van der Waals surface area contributed by atoms with Crippen LogP contribution in [0.3, 0.4) is 0 Å². The number of benzene rings is 1. The maximum Gasteiger partial charge on any atom is 0.310 e. The minimum atomic E-state index is -0.266. The Hall–Kier alpha value is -0.680. The lowest BCUT2D eigenvalue weighted by molar-refractivity contribution is -0.142. The van der Waals surface area contributed by atoms with Crippen molar-refractivity contribution >= 4 is 43.6 Å². The van der Waals surface area contributed by atoms with Gasteiger partial charge in [-0.3, -0.25) is 9.59 Å². The highest BCUT2D eigenvalue weighted by molar-refractivity contribution is 9.10. The van der Waals surface area contributed by atoms with Crippen molar-refractivity contribution in [2.75, 3.05) is 11.9 Å². The van der Waals surface area contributed by atoms with Gasteiger partial charge in [-0.25, -0.2) is 0 Å². The van der Waals surface area contributed by atoms with E-state index in [0.717, 1.165) is 10.0 Å². The molecular weight excluding hydrogens is 364 g/mol. The highest BCUT2D eigenvalue weighted by Crippen LogP contribution is 2.20. The summed E-state index contributed by atoms with van der Waals surface area (Å²) in [6.07, 6.45) is 0.672. The van der Waals surface area contributed by atoms with Crippen LogP contribution in [0.1, 0.15) is 29.3 Å². The third-order valence-electron chi connectivity index (χ3n) is 2.34. The Bertz CT molecular complexity index is 444. The summed E-state index contributed by atoms with van der Waals surface area (Å²) in [5.41, 5.74) is 1.47. The Labute approximate surface area is 123 Å². The van der Waals surface area contributed by atoms with Crippen LogP contribution in [0.25, 0.3) is 0 Å². The Morgan fingerprint density at radius 2 is 2.06 bits per heavy atom. The molecule has 5 heteroatoms. The summed E-state index contributed by atoms with van der Waals surface area (Å²) in [5, 5.41) is 0.647. The zero-order chi connectivity index (χ0) is 13.5. The van der Waals surface area contributed by atoms with Gasteiger partial charge in [0.15, 0.2) is 5.78 Å². The molecule has 0 unspecified atom stereocenters. The second-order valence-electron chi connectivity index (χ2n) is 3.65. The first-order valence-corrected chi connectivity index (χ1v) is 7.53. The van der Waals surface area contributed by atoms with Crippen molar-refractivity contribution < 1.29 is 14.3 Å². The number of esters is 1. The maximum atomic E-state index is 11.7. The number of alkyl halides is 1. The number of Topliss-reactive ketones (excluding diaryl/α,β-unsaturated/α-hetero) is 1. The van der Waals surface area contributed by atoms with Gasteiger partial charge in [-0.1, -0.05) is 44.0 Å². The van der Waals surface area contributed by atoms with Gasteiger partial charge < -0.3 is 4.74 Å². The van der Waals surface area contributed by atoms with E-state index in [9.17, 15) is 9.59 Å². The lowest BCUT2D eigenvalue weighted by atomic mass is 10.1. The van der Waals surface area contributed by atoms with E-state index in [4.69, 9.17) is 4.74 Å². The number of carbonyl (C=O) groups excluding carboxylic acids is 2. The van der Waals surface area contributed by atoms with Crippen LogP contribution < -0.4 is 0 Å². The molecule has 3 nitrogen and oxygen atoms in total. The molecule has 0 saturated carbocycles. The summed E-state index contributed by atoms with van der Waals surface area (Å²) >= 11 is 6.61. The molecule has 0 fully saturated rings. The van der Waals surface area contributed by atoms with E-state index in [1.54, 1.807) is 25.1 Å². The third kappa shape index (κ3) is 4.53. The standard InChI is InChI=1S/C13H14Br2O3/c1-2-18-13(17)8-9-3-4-10(7-11(9)15)12(16)5-6-14/h3-4,7H,2,5-6,8H2,1H3. The van der Waals surface area contributed by atoms with E-state index in [0.29, 0.717) is 23.9 Å². The molecule has 0 amide bonds.